The van der Waals surface area contributed by atoms with Crippen molar-refractivity contribution in [2.45, 2.75) is 18.9 Å². The highest BCUT2D eigenvalue weighted by atomic mass is 16.5. The Hall–Kier alpha value is -1.55. The van der Waals surface area contributed by atoms with E-state index in [0.717, 1.165) is 37.4 Å². The van der Waals surface area contributed by atoms with Crippen LogP contribution in [0, 0.1) is 5.41 Å². The van der Waals surface area contributed by atoms with Gasteiger partial charge in [0.2, 0.25) is 0 Å². The maximum atomic E-state index is 7.28. The SMILES string of the molecule is N=C(N)c1ccc(OC2CCOCC2)cc1. The van der Waals surface area contributed by atoms with Crippen LogP contribution in [0.4, 0.5) is 0 Å². The lowest BCUT2D eigenvalue weighted by molar-refractivity contribution is 0.0256. The summed E-state index contributed by atoms with van der Waals surface area (Å²) in [4.78, 5) is 0. The van der Waals surface area contributed by atoms with E-state index in [1.165, 1.54) is 0 Å². The van der Waals surface area contributed by atoms with Crippen molar-refractivity contribution in [3.8, 4) is 5.75 Å². The van der Waals surface area contributed by atoms with Gasteiger partial charge in [-0.3, -0.25) is 5.41 Å². The van der Waals surface area contributed by atoms with Crippen LogP contribution in [-0.2, 0) is 4.74 Å². The molecule has 4 heteroatoms. The summed E-state index contributed by atoms with van der Waals surface area (Å²) in [6.07, 6.45) is 2.13. The highest BCUT2D eigenvalue weighted by Crippen LogP contribution is 2.18. The standard InChI is InChI=1S/C12H16N2O2/c13-12(14)9-1-3-10(4-2-9)16-11-5-7-15-8-6-11/h1-4,11H,5-8H2,(H3,13,14). The van der Waals surface area contributed by atoms with E-state index in [1.54, 1.807) is 12.1 Å². The van der Waals surface area contributed by atoms with Gasteiger partial charge in [-0.05, 0) is 24.3 Å². The average Bonchev–Trinajstić information content (AvgIpc) is 2.31. The predicted molar refractivity (Wildman–Crippen MR) is 61.9 cm³/mol. The van der Waals surface area contributed by atoms with E-state index >= 15 is 0 Å². The molecular formula is C12H16N2O2. The van der Waals surface area contributed by atoms with Crippen LogP contribution in [-0.4, -0.2) is 25.2 Å². The van der Waals surface area contributed by atoms with Crippen molar-refractivity contribution < 1.29 is 9.47 Å². The molecule has 0 aliphatic carbocycles. The van der Waals surface area contributed by atoms with Crippen molar-refractivity contribution in [1.29, 1.82) is 5.41 Å². The second kappa shape index (κ2) is 4.99. The predicted octanol–water partition coefficient (Wildman–Crippen LogP) is 1.53. The first-order valence-electron chi connectivity index (χ1n) is 5.44. The fraction of sp³-hybridized carbons (Fsp3) is 0.417. The fourth-order valence-corrected chi connectivity index (χ4v) is 1.70. The molecule has 1 aromatic carbocycles. The molecule has 0 bridgehead atoms. The summed E-state index contributed by atoms with van der Waals surface area (Å²) in [5.74, 6) is 0.912. The van der Waals surface area contributed by atoms with Crippen molar-refractivity contribution >= 4 is 5.84 Å². The number of nitrogens with one attached hydrogen (secondary N) is 1. The van der Waals surface area contributed by atoms with Gasteiger partial charge in [0, 0.05) is 18.4 Å². The van der Waals surface area contributed by atoms with Crippen LogP contribution in [0.15, 0.2) is 24.3 Å². The van der Waals surface area contributed by atoms with E-state index < -0.39 is 0 Å². The zero-order valence-electron chi connectivity index (χ0n) is 9.11. The molecule has 1 aliphatic heterocycles. The first kappa shape index (κ1) is 11.0. The highest BCUT2D eigenvalue weighted by Gasteiger charge is 2.14. The second-order valence-corrected chi connectivity index (χ2v) is 3.87. The lowest BCUT2D eigenvalue weighted by Gasteiger charge is -2.23. The Kier molecular flexibility index (Phi) is 3.41. The number of nitrogen functional groups attached to an aromatic ring is 1. The van der Waals surface area contributed by atoms with E-state index in [-0.39, 0.29) is 11.9 Å². The third-order valence-electron chi connectivity index (χ3n) is 2.64. The lowest BCUT2D eigenvalue weighted by Crippen LogP contribution is -2.25. The Labute approximate surface area is 94.9 Å². The summed E-state index contributed by atoms with van der Waals surface area (Å²) >= 11 is 0. The van der Waals surface area contributed by atoms with E-state index in [9.17, 15) is 0 Å². The monoisotopic (exact) mass is 220 g/mol. The molecule has 0 amide bonds. The first-order chi connectivity index (χ1) is 7.75. The van der Waals surface area contributed by atoms with Gasteiger partial charge in [-0.1, -0.05) is 0 Å². The smallest absolute Gasteiger partial charge is 0.122 e. The van der Waals surface area contributed by atoms with Crippen LogP contribution in [0.5, 0.6) is 5.75 Å². The molecule has 1 fully saturated rings. The van der Waals surface area contributed by atoms with Crippen LogP contribution in [0.1, 0.15) is 18.4 Å². The molecule has 4 nitrogen and oxygen atoms in total. The number of nitrogens with two attached hydrogens (primary N) is 1. The summed E-state index contributed by atoms with van der Waals surface area (Å²) in [5.41, 5.74) is 6.10. The summed E-state index contributed by atoms with van der Waals surface area (Å²) in [7, 11) is 0. The van der Waals surface area contributed by atoms with Crippen molar-refractivity contribution in [3.63, 3.8) is 0 Å². The molecule has 3 N–H and O–H groups in total. The number of hydrogen-bond donors (Lipinski definition) is 2. The van der Waals surface area contributed by atoms with Gasteiger partial charge in [-0.25, -0.2) is 0 Å². The molecule has 0 unspecified atom stereocenters. The Morgan fingerprint density at radius 3 is 2.44 bits per heavy atom. The number of rotatable bonds is 3. The minimum atomic E-state index is 0.0811. The van der Waals surface area contributed by atoms with E-state index in [4.69, 9.17) is 20.6 Å². The summed E-state index contributed by atoms with van der Waals surface area (Å²) < 4.78 is 11.1. The molecule has 2 rings (SSSR count). The lowest BCUT2D eigenvalue weighted by atomic mass is 10.1. The largest absolute Gasteiger partial charge is 0.490 e. The minimum Gasteiger partial charge on any atom is -0.490 e. The Morgan fingerprint density at radius 1 is 1.25 bits per heavy atom. The fourth-order valence-electron chi connectivity index (χ4n) is 1.70. The average molecular weight is 220 g/mol. The zero-order valence-corrected chi connectivity index (χ0v) is 9.11. The van der Waals surface area contributed by atoms with Gasteiger partial charge in [0.1, 0.15) is 17.7 Å². The third-order valence-corrected chi connectivity index (χ3v) is 2.64. The van der Waals surface area contributed by atoms with Gasteiger partial charge < -0.3 is 15.2 Å². The summed E-state index contributed by atoms with van der Waals surface area (Å²) in [6, 6.07) is 7.31. The summed E-state index contributed by atoms with van der Waals surface area (Å²) in [5, 5.41) is 7.28. The van der Waals surface area contributed by atoms with Gasteiger partial charge in [0.25, 0.3) is 0 Å². The van der Waals surface area contributed by atoms with Gasteiger partial charge >= 0.3 is 0 Å². The van der Waals surface area contributed by atoms with E-state index in [2.05, 4.69) is 0 Å². The number of amidine groups is 1. The minimum absolute atomic E-state index is 0.0811. The van der Waals surface area contributed by atoms with E-state index in [1.807, 2.05) is 12.1 Å². The van der Waals surface area contributed by atoms with Crippen molar-refractivity contribution in [2.24, 2.45) is 5.73 Å². The Bertz CT molecular complexity index is 356. The van der Waals surface area contributed by atoms with Gasteiger partial charge in [-0.15, -0.1) is 0 Å². The summed E-state index contributed by atoms with van der Waals surface area (Å²) in [6.45, 7) is 1.55. The van der Waals surface area contributed by atoms with Crippen LogP contribution >= 0.6 is 0 Å². The topological polar surface area (TPSA) is 68.3 Å². The molecule has 1 aliphatic rings. The number of ether oxygens (including phenoxy) is 2. The van der Waals surface area contributed by atoms with Crippen LogP contribution in [0.2, 0.25) is 0 Å². The number of hydrogen-bond acceptors (Lipinski definition) is 3. The molecular weight excluding hydrogens is 204 g/mol. The zero-order chi connectivity index (χ0) is 11.4. The normalized spacial score (nSPS) is 17.0. The van der Waals surface area contributed by atoms with Crippen molar-refractivity contribution in [2.75, 3.05) is 13.2 Å². The molecule has 16 heavy (non-hydrogen) atoms. The third kappa shape index (κ3) is 2.73. The molecule has 0 aromatic heterocycles. The maximum absolute atomic E-state index is 7.28. The van der Waals surface area contributed by atoms with E-state index in [0.29, 0.717) is 0 Å². The molecule has 1 aromatic rings. The first-order valence-corrected chi connectivity index (χ1v) is 5.44. The Morgan fingerprint density at radius 2 is 1.88 bits per heavy atom. The molecule has 0 saturated carbocycles. The second-order valence-electron chi connectivity index (χ2n) is 3.87. The van der Waals surface area contributed by atoms with Crippen LogP contribution in [0.3, 0.4) is 0 Å². The van der Waals surface area contributed by atoms with Crippen molar-refractivity contribution in [1.82, 2.24) is 0 Å². The molecule has 86 valence electrons. The van der Waals surface area contributed by atoms with Crippen LogP contribution in [0.25, 0.3) is 0 Å². The number of benzene rings is 1. The molecule has 0 spiro atoms. The Balaban J connectivity index is 1.96. The molecule has 1 heterocycles. The van der Waals surface area contributed by atoms with Gasteiger partial charge in [0.15, 0.2) is 0 Å². The quantitative estimate of drug-likeness (QED) is 0.599. The maximum Gasteiger partial charge on any atom is 0.122 e. The highest BCUT2D eigenvalue weighted by molar-refractivity contribution is 5.94. The van der Waals surface area contributed by atoms with Gasteiger partial charge in [-0.2, -0.15) is 0 Å². The molecule has 0 atom stereocenters. The van der Waals surface area contributed by atoms with Crippen molar-refractivity contribution in [3.05, 3.63) is 29.8 Å². The van der Waals surface area contributed by atoms with Crippen LogP contribution < -0.4 is 10.5 Å². The molecule has 1 saturated heterocycles. The molecule has 0 radical (unpaired) electrons. The van der Waals surface area contributed by atoms with Gasteiger partial charge in [0.05, 0.1) is 13.2 Å².